The van der Waals surface area contributed by atoms with Gasteiger partial charge >= 0.3 is 5.97 Å². The summed E-state index contributed by atoms with van der Waals surface area (Å²) in [6.45, 7) is 2.77. The molecule has 0 aliphatic carbocycles. The third-order valence-corrected chi connectivity index (χ3v) is 5.54. The van der Waals surface area contributed by atoms with Gasteiger partial charge in [0, 0.05) is 19.2 Å². The number of ether oxygens (including phenoxy) is 2. The Bertz CT molecular complexity index is 1110. The van der Waals surface area contributed by atoms with Crippen molar-refractivity contribution in [3.8, 4) is 5.75 Å². The standard InChI is InChI=1S/C22H24N4O8/c1-14-7-9-24(10-8-14)18-6-3-15(11-20(18)26(31)32)22(28)34-13-21(27)23-17-5-4-16(33-2)12-19(17)25(29)30/h3-6,11-12,14H,7-10,13H2,1-2H3,(H,23,27). The SMILES string of the molecule is COc1ccc(NC(=O)COC(=O)c2ccc(N3CCC(C)CC3)c([N+](=O)[O-])c2)c([N+](=O)[O-])c1. The highest BCUT2D eigenvalue weighted by atomic mass is 16.6. The van der Waals surface area contributed by atoms with Crippen LogP contribution >= 0.6 is 0 Å². The van der Waals surface area contributed by atoms with Crippen LogP contribution in [0.2, 0.25) is 0 Å². The Morgan fingerprint density at radius 2 is 1.74 bits per heavy atom. The van der Waals surface area contributed by atoms with E-state index in [2.05, 4.69) is 12.2 Å². The Labute approximate surface area is 194 Å². The first-order valence-electron chi connectivity index (χ1n) is 10.5. The summed E-state index contributed by atoms with van der Waals surface area (Å²) in [6.07, 6.45) is 1.84. The molecule has 1 heterocycles. The van der Waals surface area contributed by atoms with Gasteiger partial charge in [-0.2, -0.15) is 0 Å². The van der Waals surface area contributed by atoms with E-state index in [-0.39, 0.29) is 22.7 Å². The van der Waals surface area contributed by atoms with Crippen LogP contribution in [0.25, 0.3) is 0 Å². The number of nitro benzene ring substituents is 2. The fraction of sp³-hybridized carbons (Fsp3) is 0.364. The highest BCUT2D eigenvalue weighted by Gasteiger charge is 2.25. The molecule has 0 spiro atoms. The smallest absolute Gasteiger partial charge is 0.338 e. The molecule has 2 aromatic rings. The number of carbonyl (C=O) groups is 2. The van der Waals surface area contributed by atoms with Gasteiger partial charge in [0.15, 0.2) is 6.61 Å². The van der Waals surface area contributed by atoms with E-state index >= 15 is 0 Å². The predicted molar refractivity (Wildman–Crippen MR) is 122 cm³/mol. The van der Waals surface area contributed by atoms with Crippen LogP contribution in [0, 0.1) is 26.1 Å². The number of nitrogens with zero attached hydrogens (tertiary/aromatic N) is 3. The van der Waals surface area contributed by atoms with Crippen molar-refractivity contribution in [1.29, 1.82) is 0 Å². The lowest BCUT2D eigenvalue weighted by atomic mass is 9.98. The molecule has 1 aliphatic rings. The molecule has 1 amide bonds. The molecule has 12 heteroatoms. The molecular weight excluding hydrogens is 448 g/mol. The Morgan fingerprint density at radius 3 is 2.35 bits per heavy atom. The Morgan fingerprint density at radius 1 is 1.06 bits per heavy atom. The van der Waals surface area contributed by atoms with Crippen LogP contribution in [0.4, 0.5) is 22.7 Å². The molecule has 0 unspecified atom stereocenters. The maximum absolute atomic E-state index is 12.4. The summed E-state index contributed by atoms with van der Waals surface area (Å²) in [5.74, 6) is -0.952. The lowest BCUT2D eigenvalue weighted by Gasteiger charge is -2.31. The Hall–Kier alpha value is -4.22. The topological polar surface area (TPSA) is 154 Å². The number of nitrogens with one attached hydrogen (secondary N) is 1. The molecule has 1 fully saturated rings. The van der Waals surface area contributed by atoms with Crippen LogP contribution in [-0.4, -0.2) is 48.5 Å². The van der Waals surface area contributed by atoms with Gasteiger partial charge in [0.2, 0.25) is 0 Å². The molecule has 12 nitrogen and oxygen atoms in total. The van der Waals surface area contributed by atoms with Crippen molar-refractivity contribution < 1.29 is 28.9 Å². The summed E-state index contributed by atoms with van der Waals surface area (Å²) in [4.78, 5) is 48.1. The summed E-state index contributed by atoms with van der Waals surface area (Å²) in [7, 11) is 1.35. The van der Waals surface area contributed by atoms with E-state index in [9.17, 15) is 29.8 Å². The highest BCUT2D eigenvalue weighted by molar-refractivity contribution is 5.97. The lowest BCUT2D eigenvalue weighted by molar-refractivity contribution is -0.384. The quantitative estimate of drug-likeness (QED) is 0.345. The number of amides is 1. The van der Waals surface area contributed by atoms with Gasteiger partial charge in [0.1, 0.15) is 17.1 Å². The molecule has 0 atom stereocenters. The molecule has 180 valence electrons. The van der Waals surface area contributed by atoms with Crippen LogP contribution in [0.15, 0.2) is 36.4 Å². The van der Waals surface area contributed by atoms with E-state index < -0.39 is 34.0 Å². The number of piperidine rings is 1. The van der Waals surface area contributed by atoms with Gasteiger partial charge in [-0.15, -0.1) is 0 Å². The number of benzene rings is 2. The normalized spacial score (nSPS) is 13.8. The predicted octanol–water partition coefficient (Wildman–Crippen LogP) is 3.54. The van der Waals surface area contributed by atoms with Crippen LogP contribution in [0.3, 0.4) is 0 Å². The summed E-state index contributed by atoms with van der Waals surface area (Å²) in [5.41, 5.74) is -0.357. The van der Waals surface area contributed by atoms with Gasteiger partial charge in [0.05, 0.1) is 28.6 Å². The largest absolute Gasteiger partial charge is 0.496 e. The number of anilines is 2. The molecular formula is C22H24N4O8. The number of esters is 1. The number of methoxy groups -OCH3 is 1. The minimum absolute atomic E-state index is 0.0796. The molecule has 0 radical (unpaired) electrons. The van der Waals surface area contributed by atoms with Gasteiger partial charge < -0.3 is 19.7 Å². The van der Waals surface area contributed by atoms with Crippen LogP contribution in [0.1, 0.15) is 30.1 Å². The van der Waals surface area contributed by atoms with Crippen molar-refractivity contribution in [1.82, 2.24) is 0 Å². The Kier molecular flexibility index (Phi) is 7.61. The molecule has 0 bridgehead atoms. The van der Waals surface area contributed by atoms with Crippen LogP contribution in [0.5, 0.6) is 5.75 Å². The zero-order valence-electron chi connectivity index (χ0n) is 18.7. The molecule has 0 saturated carbocycles. The van der Waals surface area contributed by atoms with Crippen molar-refractivity contribution in [3.05, 3.63) is 62.2 Å². The third-order valence-electron chi connectivity index (χ3n) is 5.54. The van der Waals surface area contributed by atoms with Crippen molar-refractivity contribution in [2.24, 2.45) is 5.92 Å². The number of rotatable bonds is 8. The number of nitro groups is 2. The molecule has 1 saturated heterocycles. The number of hydrogen-bond acceptors (Lipinski definition) is 9. The van der Waals surface area contributed by atoms with E-state index in [0.717, 1.165) is 25.0 Å². The number of carbonyl (C=O) groups excluding carboxylic acids is 2. The highest BCUT2D eigenvalue weighted by Crippen LogP contribution is 2.33. The molecule has 1 aliphatic heterocycles. The van der Waals surface area contributed by atoms with E-state index in [1.165, 1.54) is 31.4 Å². The maximum atomic E-state index is 12.4. The third kappa shape index (κ3) is 5.77. The first-order chi connectivity index (χ1) is 16.2. The fourth-order valence-corrected chi connectivity index (χ4v) is 3.61. The zero-order chi connectivity index (χ0) is 24.8. The first kappa shape index (κ1) is 24.4. The van der Waals surface area contributed by atoms with E-state index in [4.69, 9.17) is 9.47 Å². The Balaban J connectivity index is 1.67. The second-order valence-corrected chi connectivity index (χ2v) is 7.89. The molecule has 34 heavy (non-hydrogen) atoms. The summed E-state index contributed by atoms with van der Waals surface area (Å²) >= 11 is 0. The molecule has 0 aromatic heterocycles. The first-order valence-corrected chi connectivity index (χ1v) is 10.5. The van der Waals surface area contributed by atoms with Crippen molar-refractivity contribution in [3.63, 3.8) is 0 Å². The van der Waals surface area contributed by atoms with Crippen LogP contribution in [-0.2, 0) is 9.53 Å². The second-order valence-electron chi connectivity index (χ2n) is 7.89. The minimum Gasteiger partial charge on any atom is -0.496 e. The summed E-state index contributed by atoms with van der Waals surface area (Å²) in [5, 5.41) is 25.1. The number of hydrogen-bond donors (Lipinski definition) is 1. The van der Waals surface area contributed by atoms with Gasteiger partial charge in [-0.25, -0.2) is 4.79 Å². The van der Waals surface area contributed by atoms with Crippen LogP contribution < -0.4 is 15.0 Å². The van der Waals surface area contributed by atoms with E-state index in [1.807, 2.05) is 4.90 Å². The van der Waals surface area contributed by atoms with Gasteiger partial charge in [-0.05, 0) is 43.0 Å². The average molecular weight is 472 g/mol. The second kappa shape index (κ2) is 10.6. The zero-order valence-corrected chi connectivity index (χ0v) is 18.7. The lowest BCUT2D eigenvalue weighted by Crippen LogP contribution is -2.33. The van der Waals surface area contributed by atoms with E-state index in [0.29, 0.717) is 24.7 Å². The maximum Gasteiger partial charge on any atom is 0.338 e. The molecule has 1 N–H and O–H groups in total. The van der Waals surface area contributed by atoms with Crippen molar-refractivity contribution in [2.75, 3.05) is 37.0 Å². The minimum atomic E-state index is -0.929. The molecule has 3 rings (SSSR count). The van der Waals surface area contributed by atoms with E-state index in [1.54, 1.807) is 0 Å². The van der Waals surface area contributed by atoms with Gasteiger partial charge in [0.25, 0.3) is 17.3 Å². The summed E-state index contributed by atoms with van der Waals surface area (Å²) in [6, 6.07) is 7.91. The summed E-state index contributed by atoms with van der Waals surface area (Å²) < 4.78 is 9.89. The molecule has 2 aromatic carbocycles. The van der Waals surface area contributed by atoms with Gasteiger partial charge in [-0.3, -0.25) is 25.0 Å². The van der Waals surface area contributed by atoms with Crippen molar-refractivity contribution >= 4 is 34.6 Å². The fourth-order valence-electron chi connectivity index (χ4n) is 3.61. The van der Waals surface area contributed by atoms with Crippen molar-refractivity contribution in [2.45, 2.75) is 19.8 Å². The van der Waals surface area contributed by atoms with Gasteiger partial charge in [-0.1, -0.05) is 6.92 Å². The monoisotopic (exact) mass is 472 g/mol. The average Bonchev–Trinajstić information content (AvgIpc) is 2.82.